The molecule has 4 nitrogen and oxygen atoms in total. The summed E-state index contributed by atoms with van der Waals surface area (Å²) < 4.78 is 6.56. The predicted octanol–water partition coefficient (Wildman–Crippen LogP) is 4.90. The van der Waals surface area contributed by atoms with Crippen molar-refractivity contribution < 1.29 is 9.53 Å². The van der Waals surface area contributed by atoms with Crippen LogP contribution in [0.1, 0.15) is 45.7 Å². The Balaban J connectivity index is 3.28. The average Bonchev–Trinajstić information content (AvgIpc) is 2.39. The van der Waals surface area contributed by atoms with Gasteiger partial charge in [0.1, 0.15) is 6.07 Å². The molecule has 0 aromatic heterocycles. The van der Waals surface area contributed by atoms with Crippen LogP contribution in [0.5, 0.6) is 5.75 Å². The highest BCUT2D eigenvalue weighted by Crippen LogP contribution is 2.29. The van der Waals surface area contributed by atoms with Crippen LogP contribution in [0.25, 0.3) is 0 Å². The molecular weight excluding hydrogens is 403 g/mol. The SMILES string of the molecule is C=C(C)Cc1cc(I)cc(C#N)c1OC(=O)N(C(C)C)C(C)C. The van der Waals surface area contributed by atoms with Gasteiger partial charge in [-0.15, -0.1) is 0 Å². The number of amides is 1. The van der Waals surface area contributed by atoms with Crippen LogP contribution in [-0.2, 0) is 6.42 Å². The number of hydrogen-bond donors (Lipinski definition) is 0. The molecule has 1 aromatic carbocycles. The third-order valence-electron chi connectivity index (χ3n) is 3.26. The first-order valence-electron chi connectivity index (χ1n) is 7.54. The van der Waals surface area contributed by atoms with Crippen molar-refractivity contribution in [2.45, 2.75) is 53.1 Å². The van der Waals surface area contributed by atoms with Crippen LogP contribution in [0, 0.1) is 14.9 Å². The lowest BCUT2D eigenvalue weighted by Crippen LogP contribution is -2.43. The minimum atomic E-state index is -0.435. The first kappa shape index (κ1) is 19.5. The molecule has 0 fully saturated rings. The second-order valence-electron chi connectivity index (χ2n) is 6.15. The van der Waals surface area contributed by atoms with E-state index in [4.69, 9.17) is 4.74 Å². The lowest BCUT2D eigenvalue weighted by Gasteiger charge is -2.30. The summed E-state index contributed by atoms with van der Waals surface area (Å²) in [4.78, 5) is 14.2. The first-order chi connectivity index (χ1) is 10.7. The van der Waals surface area contributed by atoms with E-state index in [2.05, 4.69) is 35.2 Å². The van der Waals surface area contributed by atoms with Gasteiger partial charge < -0.3 is 9.64 Å². The molecule has 0 aliphatic rings. The van der Waals surface area contributed by atoms with Gasteiger partial charge in [0.2, 0.25) is 0 Å². The molecule has 1 amide bonds. The van der Waals surface area contributed by atoms with Crippen LogP contribution in [0.4, 0.5) is 4.79 Å². The molecule has 0 saturated heterocycles. The standard InChI is InChI=1S/C18H23IN2O2/c1-11(2)7-14-8-16(19)9-15(10-20)17(14)23-18(22)21(12(3)4)13(5)6/h8-9,12-13H,1,7H2,2-6H3. The van der Waals surface area contributed by atoms with Crippen molar-refractivity contribution in [3.05, 3.63) is 39.0 Å². The zero-order valence-corrected chi connectivity index (χ0v) is 16.5. The Kier molecular flexibility index (Phi) is 7.07. The maximum atomic E-state index is 12.6. The number of rotatable bonds is 5. The van der Waals surface area contributed by atoms with Crippen molar-refractivity contribution in [1.29, 1.82) is 5.26 Å². The highest BCUT2D eigenvalue weighted by Gasteiger charge is 2.24. The number of nitrogens with zero attached hydrogens (tertiary/aromatic N) is 2. The quantitative estimate of drug-likeness (QED) is 0.497. The monoisotopic (exact) mass is 426 g/mol. The van der Waals surface area contributed by atoms with Crippen LogP contribution in [-0.4, -0.2) is 23.1 Å². The Morgan fingerprint density at radius 2 is 1.91 bits per heavy atom. The number of halogens is 1. The number of carbonyl (C=O) groups is 1. The molecule has 0 atom stereocenters. The Bertz CT molecular complexity index is 637. The third-order valence-corrected chi connectivity index (χ3v) is 3.88. The second kappa shape index (κ2) is 8.34. The molecule has 0 spiro atoms. The van der Waals surface area contributed by atoms with Crippen molar-refractivity contribution >= 4 is 28.7 Å². The third kappa shape index (κ3) is 5.24. The fourth-order valence-electron chi connectivity index (χ4n) is 2.47. The van der Waals surface area contributed by atoms with Crippen molar-refractivity contribution in [1.82, 2.24) is 4.90 Å². The molecule has 23 heavy (non-hydrogen) atoms. The number of benzene rings is 1. The van der Waals surface area contributed by atoms with Gasteiger partial charge in [-0.3, -0.25) is 0 Å². The summed E-state index contributed by atoms with van der Waals surface area (Å²) in [5.74, 6) is 0.340. The minimum absolute atomic E-state index is 0.0153. The molecule has 0 radical (unpaired) electrons. The van der Waals surface area contributed by atoms with Gasteiger partial charge >= 0.3 is 6.09 Å². The molecule has 0 aliphatic carbocycles. The average molecular weight is 426 g/mol. The molecule has 124 valence electrons. The van der Waals surface area contributed by atoms with Gasteiger partial charge in [-0.25, -0.2) is 4.79 Å². The van der Waals surface area contributed by atoms with Crippen molar-refractivity contribution in [3.8, 4) is 11.8 Å². The van der Waals surface area contributed by atoms with E-state index in [1.54, 1.807) is 11.0 Å². The summed E-state index contributed by atoms with van der Waals surface area (Å²) in [5, 5.41) is 9.39. The zero-order valence-electron chi connectivity index (χ0n) is 14.3. The number of allylic oxidation sites excluding steroid dienone is 1. The van der Waals surface area contributed by atoms with Crippen LogP contribution in [0.2, 0.25) is 0 Å². The van der Waals surface area contributed by atoms with E-state index in [9.17, 15) is 10.1 Å². The summed E-state index contributed by atoms with van der Waals surface area (Å²) in [6, 6.07) is 5.80. The molecule has 0 aliphatic heterocycles. The van der Waals surface area contributed by atoms with E-state index in [1.807, 2.05) is 40.7 Å². The normalized spacial score (nSPS) is 10.6. The Hall–Kier alpha value is -1.55. The van der Waals surface area contributed by atoms with E-state index in [0.29, 0.717) is 17.7 Å². The number of nitriles is 1. The number of carbonyl (C=O) groups excluding carboxylic acids is 1. The highest BCUT2D eigenvalue weighted by atomic mass is 127. The van der Waals surface area contributed by atoms with E-state index in [1.165, 1.54) is 0 Å². The van der Waals surface area contributed by atoms with Gasteiger partial charge in [0.15, 0.2) is 5.75 Å². The summed E-state index contributed by atoms with van der Waals surface area (Å²) in [6.07, 6.45) is 0.132. The number of ether oxygens (including phenoxy) is 1. The van der Waals surface area contributed by atoms with Crippen LogP contribution in [0.3, 0.4) is 0 Å². The van der Waals surface area contributed by atoms with E-state index < -0.39 is 6.09 Å². The van der Waals surface area contributed by atoms with Gasteiger partial charge in [0.25, 0.3) is 0 Å². The molecule has 5 heteroatoms. The predicted molar refractivity (Wildman–Crippen MR) is 101 cm³/mol. The van der Waals surface area contributed by atoms with Gasteiger partial charge in [-0.2, -0.15) is 5.26 Å². The summed E-state index contributed by atoms with van der Waals surface area (Å²) >= 11 is 2.15. The van der Waals surface area contributed by atoms with E-state index in [0.717, 1.165) is 14.7 Å². The maximum Gasteiger partial charge on any atom is 0.415 e. The van der Waals surface area contributed by atoms with E-state index >= 15 is 0 Å². The number of hydrogen-bond acceptors (Lipinski definition) is 3. The van der Waals surface area contributed by atoms with Crippen molar-refractivity contribution in [2.75, 3.05) is 0 Å². The second-order valence-corrected chi connectivity index (χ2v) is 7.40. The molecule has 0 bridgehead atoms. The molecule has 1 aromatic rings. The topological polar surface area (TPSA) is 53.3 Å². The molecule has 1 rings (SSSR count). The fraction of sp³-hybridized carbons (Fsp3) is 0.444. The van der Waals surface area contributed by atoms with Crippen LogP contribution >= 0.6 is 22.6 Å². The van der Waals surface area contributed by atoms with Crippen LogP contribution in [0.15, 0.2) is 24.3 Å². The maximum absolute atomic E-state index is 12.6. The fourth-order valence-corrected chi connectivity index (χ4v) is 3.16. The summed E-state index contributed by atoms with van der Waals surface area (Å²) in [7, 11) is 0. The first-order valence-corrected chi connectivity index (χ1v) is 8.62. The minimum Gasteiger partial charge on any atom is -0.408 e. The molecule has 0 N–H and O–H groups in total. The summed E-state index contributed by atoms with van der Waals surface area (Å²) in [5.41, 5.74) is 2.12. The Morgan fingerprint density at radius 1 is 1.35 bits per heavy atom. The van der Waals surface area contributed by atoms with Crippen molar-refractivity contribution in [2.24, 2.45) is 0 Å². The van der Waals surface area contributed by atoms with Crippen LogP contribution < -0.4 is 4.74 Å². The zero-order chi connectivity index (χ0) is 17.7. The molecular formula is C18H23IN2O2. The Labute approximate surface area is 152 Å². The van der Waals surface area contributed by atoms with Gasteiger partial charge in [-0.1, -0.05) is 12.2 Å². The summed E-state index contributed by atoms with van der Waals surface area (Å²) in [6.45, 7) is 13.6. The largest absolute Gasteiger partial charge is 0.415 e. The lowest BCUT2D eigenvalue weighted by atomic mass is 10.0. The highest BCUT2D eigenvalue weighted by molar-refractivity contribution is 14.1. The molecule has 0 saturated carbocycles. The van der Waals surface area contributed by atoms with Gasteiger partial charge in [-0.05, 0) is 75.8 Å². The molecule has 0 heterocycles. The van der Waals surface area contributed by atoms with E-state index in [-0.39, 0.29) is 12.1 Å². The lowest BCUT2D eigenvalue weighted by molar-refractivity contribution is 0.122. The van der Waals surface area contributed by atoms with Gasteiger partial charge in [0, 0.05) is 21.2 Å². The Morgan fingerprint density at radius 3 is 2.35 bits per heavy atom. The van der Waals surface area contributed by atoms with Crippen molar-refractivity contribution in [3.63, 3.8) is 0 Å². The smallest absolute Gasteiger partial charge is 0.408 e. The van der Waals surface area contributed by atoms with Gasteiger partial charge in [0.05, 0.1) is 5.56 Å². The molecule has 0 unspecified atom stereocenters.